The van der Waals surface area contributed by atoms with Crippen LogP contribution in [0.5, 0.6) is 5.75 Å². The zero-order valence-electron chi connectivity index (χ0n) is 14.7. The highest BCUT2D eigenvalue weighted by Gasteiger charge is 2.40. The summed E-state index contributed by atoms with van der Waals surface area (Å²) in [7, 11) is 1.71. The van der Waals surface area contributed by atoms with Gasteiger partial charge in [0, 0.05) is 13.1 Å². The van der Waals surface area contributed by atoms with Gasteiger partial charge in [0.2, 0.25) is 0 Å². The lowest BCUT2D eigenvalue weighted by atomic mass is 9.78. The minimum absolute atomic E-state index is 0.0885. The number of thiophene rings is 1. The van der Waals surface area contributed by atoms with Crippen LogP contribution in [0.4, 0.5) is 0 Å². The van der Waals surface area contributed by atoms with Crippen LogP contribution in [0.1, 0.15) is 29.2 Å². The molecule has 1 aromatic heterocycles. The van der Waals surface area contributed by atoms with Crippen LogP contribution in [0.2, 0.25) is 0 Å². The third kappa shape index (κ3) is 2.88. The van der Waals surface area contributed by atoms with Crippen molar-refractivity contribution in [2.75, 3.05) is 13.7 Å². The molecule has 0 amide bonds. The van der Waals surface area contributed by atoms with E-state index in [0.717, 1.165) is 25.3 Å². The fraction of sp³-hybridized carbons (Fsp3) is 0.273. The Labute approximate surface area is 153 Å². The number of fused-ring (bicyclic) bond motifs is 1. The predicted molar refractivity (Wildman–Crippen MR) is 104 cm³/mol. The van der Waals surface area contributed by atoms with Gasteiger partial charge >= 0.3 is 0 Å². The number of ether oxygens (including phenoxy) is 1. The van der Waals surface area contributed by atoms with Crippen molar-refractivity contribution in [2.24, 2.45) is 0 Å². The monoisotopic (exact) mass is 349 g/mol. The Morgan fingerprint density at radius 1 is 1.08 bits per heavy atom. The van der Waals surface area contributed by atoms with Crippen molar-refractivity contribution < 1.29 is 4.74 Å². The molecule has 4 rings (SSSR count). The van der Waals surface area contributed by atoms with E-state index < -0.39 is 0 Å². The molecule has 1 aliphatic rings. The van der Waals surface area contributed by atoms with E-state index in [-0.39, 0.29) is 5.54 Å². The van der Waals surface area contributed by atoms with Gasteiger partial charge in [-0.3, -0.25) is 4.90 Å². The zero-order chi connectivity index (χ0) is 17.3. The van der Waals surface area contributed by atoms with Crippen LogP contribution >= 0.6 is 11.3 Å². The van der Waals surface area contributed by atoms with Gasteiger partial charge in [-0.05, 0) is 64.6 Å². The van der Waals surface area contributed by atoms with Crippen LogP contribution in [0.25, 0.3) is 0 Å². The summed E-state index contributed by atoms with van der Waals surface area (Å²) < 4.78 is 5.29. The summed E-state index contributed by atoms with van der Waals surface area (Å²) in [4.78, 5) is 2.61. The molecule has 1 atom stereocenters. The van der Waals surface area contributed by atoms with Crippen LogP contribution in [-0.2, 0) is 18.5 Å². The first-order chi connectivity index (χ1) is 12.2. The second-order valence-electron chi connectivity index (χ2n) is 6.76. The molecule has 2 aromatic carbocycles. The van der Waals surface area contributed by atoms with E-state index in [0.29, 0.717) is 0 Å². The van der Waals surface area contributed by atoms with Crippen LogP contribution < -0.4 is 4.74 Å². The van der Waals surface area contributed by atoms with Gasteiger partial charge < -0.3 is 4.74 Å². The van der Waals surface area contributed by atoms with Crippen LogP contribution in [0.3, 0.4) is 0 Å². The molecule has 128 valence electrons. The summed E-state index contributed by atoms with van der Waals surface area (Å²) in [6, 6.07) is 19.6. The zero-order valence-corrected chi connectivity index (χ0v) is 15.6. The molecule has 2 heterocycles. The first kappa shape index (κ1) is 16.4. The van der Waals surface area contributed by atoms with E-state index in [9.17, 15) is 0 Å². The van der Waals surface area contributed by atoms with Gasteiger partial charge in [-0.1, -0.05) is 36.4 Å². The summed E-state index contributed by atoms with van der Waals surface area (Å²) in [6.45, 7) is 4.37. The van der Waals surface area contributed by atoms with Crippen molar-refractivity contribution in [3.05, 3.63) is 87.6 Å². The van der Waals surface area contributed by atoms with Gasteiger partial charge in [0.05, 0.1) is 12.6 Å². The lowest BCUT2D eigenvalue weighted by Gasteiger charge is -2.46. The van der Waals surface area contributed by atoms with Crippen molar-refractivity contribution in [1.29, 1.82) is 0 Å². The molecular formula is C22H23NOS. The van der Waals surface area contributed by atoms with Crippen molar-refractivity contribution in [2.45, 2.75) is 25.4 Å². The highest BCUT2D eigenvalue weighted by atomic mass is 32.1. The maximum absolute atomic E-state index is 5.29. The van der Waals surface area contributed by atoms with Crippen LogP contribution in [-0.4, -0.2) is 18.6 Å². The first-order valence-electron chi connectivity index (χ1n) is 8.71. The smallest absolute Gasteiger partial charge is 0.118 e. The van der Waals surface area contributed by atoms with Gasteiger partial charge in [-0.25, -0.2) is 0 Å². The topological polar surface area (TPSA) is 12.5 Å². The molecule has 0 N–H and O–H groups in total. The van der Waals surface area contributed by atoms with Crippen molar-refractivity contribution in [3.8, 4) is 5.75 Å². The average molecular weight is 349 g/mol. The minimum atomic E-state index is -0.0885. The summed E-state index contributed by atoms with van der Waals surface area (Å²) in [5.74, 6) is 0.910. The molecule has 1 unspecified atom stereocenters. The van der Waals surface area contributed by atoms with Gasteiger partial charge in [-0.2, -0.15) is 11.3 Å². The number of hydrogen-bond acceptors (Lipinski definition) is 3. The number of methoxy groups -OCH3 is 1. The molecule has 25 heavy (non-hydrogen) atoms. The van der Waals surface area contributed by atoms with Crippen molar-refractivity contribution >= 4 is 11.3 Å². The minimum Gasteiger partial charge on any atom is -0.497 e. The number of nitrogens with zero attached hydrogens (tertiary/aromatic N) is 1. The Balaban J connectivity index is 1.73. The standard InChI is InChI=1S/C22H23NOS/c1-22(19-12-14-25-16-19)21-6-4-3-5-18(21)11-13-23(22)15-17-7-9-20(24-2)10-8-17/h3-10,12,14,16H,11,13,15H2,1-2H3. The summed E-state index contributed by atoms with van der Waals surface area (Å²) in [5.41, 5.74) is 5.53. The van der Waals surface area contributed by atoms with Gasteiger partial charge in [0.25, 0.3) is 0 Å². The second kappa shape index (κ2) is 6.66. The normalized spacial score (nSPS) is 20.2. The lowest BCUT2D eigenvalue weighted by molar-refractivity contribution is 0.117. The highest BCUT2D eigenvalue weighted by Crippen LogP contribution is 2.42. The van der Waals surface area contributed by atoms with E-state index in [2.05, 4.69) is 77.2 Å². The van der Waals surface area contributed by atoms with Crippen LogP contribution in [0.15, 0.2) is 65.4 Å². The fourth-order valence-corrected chi connectivity index (χ4v) is 4.69. The summed E-state index contributed by atoms with van der Waals surface area (Å²) in [5, 5.41) is 4.48. The van der Waals surface area contributed by atoms with E-state index >= 15 is 0 Å². The number of hydrogen-bond donors (Lipinski definition) is 0. The summed E-state index contributed by atoms with van der Waals surface area (Å²) >= 11 is 1.78. The molecule has 3 aromatic rings. The Kier molecular flexibility index (Phi) is 4.36. The average Bonchev–Trinajstić information content (AvgIpc) is 3.20. The Bertz CT molecular complexity index is 841. The Morgan fingerprint density at radius 3 is 2.60 bits per heavy atom. The van der Waals surface area contributed by atoms with Gasteiger partial charge in [0.15, 0.2) is 0 Å². The van der Waals surface area contributed by atoms with E-state index in [1.807, 2.05) is 0 Å². The van der Waals surface area contributed by atoms with E-state index in [4.69, 9.17) is 4.74 Å². The van der Waals surface area contributed by atoms with E-state index in [1.54, 1.807) is 18.4 Å². The first-order valence-corrected chi connectivity index (χ1v) is 9.65. The molecule has 0 spiro atoms. The fourth-order valence-electron chi connectivity index (χ4n) is 3.93. The molecular weight excluding hydrogens is 326 g/mol. The third-order valence-electron chi connectivity index (χ3n) is 5.44. The molecule has 0 saturated heterocycles. The molecule has 0 fully saturated rings. The molecule has 0 aliphatic carbocycles. The molecule has 0 saturated carbocycles. The maximum Gasteiger partial charge on any atom is 0.118 e. The van der Waals surface area contributed by atoms with Crippen molar-refractivity contribution in [3.63, 3.8) is 0 Å². The predicted octanol–water partition coefficient (Wildman–Crippen LogP) is 5.08. The maximum atomic E-state index is 5.29. The lowest BCUT2D eigenvalue weighted by Crippen LogP contribution is -2.48. The molecule has 1 aliphatic heterocycles. The largest absolute Gasteiger partial charge is 0.497 e. The van der Waals surface area contributed by atoms with Crippen LogP contribution in [0, 0.1) is 0 Å². The number of rotatable bonds is 4. The highest BCUT2D eigenvalue weighted by molar-refractivity contribution is 7.08. The molecule has 0 bridgehead atoms. The molecule has 2 nitrogen and oxygen atoms in total. The van der Waals surface area contributed by atoms with E-state index in [1.165, 1.54) is 22.3 Å². The quantitative estimate of drug-likeness (QED) is 0.651. The molecule has 3 heteroatoms. The SMILES string of the molecule is COc1ccc(CN2CCc3ccccc3C2(C)c2ccsc2)cc1. The third-order valence-corrected chi connectivity index (χ3v) is 6.12. The Morgan fingerprint density at radius 2 is 1.88 bits per heavy atom. The second-order valence-corrected chi connectivity index (χ2v) is 7.54. The molecule has 0 radical (unpaired) electrons. The van der Waals surface area contributed by atoms with Crippen molar-refractivity contribution in [1.82, 2.24) is 4.90 Å². The summed E-state index contributed by atoms with van der Waals surface area (Å²) in [6.07, 6.45) is 1.10. The Hall–Kier alpha value is -2.10. The number of benzene rings is 2. The van der Waals surface area contributed by atoms with Gasteiger partial charge in [0.1, 0.15) is 5.75 Å². The van der Waals surface area contributed by atoms with Gasteiger partial charge in [-0.15, -0.1) is 0 Å².